The molecular formula is C51H78N10O7S5. The van der Waals surface area contributed by atoms with E-state index in [2.05, 4.69) is 60.3 Å². The Labute approximate surface area is 462 Å². The van der Waals surface area contributed by atoms with Crippen molar-refractivity contribution >= 4 is 106 Å². The number of ether oxygens (including phenoxy) is 2. The summed E-state index contributed by atoms with van der Waals surface area (Å²) in [6, 6.07) is 7.32. The van der Waals surface area contributed by atoms with E-state index >= 15 is 0 Å². The zero-order valence-electron chi connectivity index (χ0n) is 44.0. The molecule has 6 heterocycles. The molecular weight excluding hydrogens is 1020 g/mol. The number of fused-ring (bicyclic) bond motifs is 6. The minimum Gasteiger partial charge on any atom is -0.464 e. The number of aryl methyl sites for hydroxylation is 1. The third-order valence-corrected chi connectivity index (χ3v) is 15.5. The molecule has 3 aliphatic heterocycles. The number of aromatic nitrogens is 3. The van der Waals surface area contributed by atoms with Crippen LogP contribution in [-0.4, -0.2) is 160 Å². The summed E-state index contributed by atoms with van der Waals surface area (Å²) in [6.07, 6.45) is 4.86. The van der Waals surface area contributed by atoms with Crippen LogP contribution >= 0.6 is 65.3 Å². The highest BCUT2D eigenvalue weighted by atomic mass is 32.1. The van der Waals surface area contributed by atoms with Crippen molar-refractivity contribution < 1.29 is 33.4 Å². The summed E-state index contributed by atoms with van der Waals surface area (Å²) in [5.74, 6) is -1.56. The number of urea groups is 1. The Kier molecular flexibility index (Phi) is 21.2. The van der Waals surface area contributed by atoms with Crippen molar-refractivity contribution in [2.24, 2.45) is 11.3 Å². The van der Waals surface area contributed by atoms with E-state index < -0.39 is 46.9 Å². The fourth-order valence-corrected chi connectivity index (χ4v) is 11.3. The van der Waals surface area contributed by atoms with Crippen LogP contribution in [0.15, 0.2) is 41.9 Å². The maximum absolute atomic E-state index is 14.7. The number of cyclic esters (lactones) is 1. The largest absolute Gasteiger partial charge is 0.464 e. The molecule has 4 aromatic rings. The second-order valence-corrected chi connectivity index (χ2v) is 21.5. The van der Waals surface area contributed by atoms with Gasteiger partial charge in [-0.15, -0.1) is 11.3 Å². The number of pyridine rings is 1. The molecule has 5 amide bonds. The average Bonchev–Trinajstić information content (AvgIpc) is 3.95. The number of rotatable bonds is 10. The summed E-state index contributed by atoms with van der Waals surface area (Å²) in [4.78, 5) is 87.6. The predicted octanol–water partition coefficient (Wildman–Crippen LogP) is 5.97. The summed E-state index contributed by atoms with van der Waals surface area (Å²) < 4.78 is 14.3. The summed E-state index contributed by atoms with van der Waals surface area (Å²) in [5, 5.41) is 8.15. The molecule has 22 heteroatoms. The van der Waals surface area contributed by atoms with Gasteiger partial charge in [0.15, 0.2) is 0 Å². The molecule has 0 radical (unpaired) electrons. The molecule has 1 aliphatic carbocycles. The molecule has 4 atom stereocenters. The summed E-state index contributed by atoms with van der Waals surface area (Å²) in [6.45, 7) is 14.7. The van der Waals surface area contributed by atoms with Crippen LogP contribution in [0.1, 0.15) is 89.6 Å². The number of amides is 5. The second-order valence-electron chi connectivity index (χ2n) is 20.6. The number of likely N-dealkylation sites (N-methyl/N-ethyl adjacent to an activating group) is 2. The van der Waals surface area contributed by atoms with Crippen LogP contribution < -0.4 is 10.7 Å². The molecule has 1 saturated carbocycles. The Morgan fingerprint density at radius 3 is 2.30 bits per heavy atom. The van der Waals surface area contributed by atoms with Crippen molar-refractivity contribution in [1.29, 1.82) is 0 Å². The van der Waals surface area contributed by atoms with Crippen molar-refractivity contribution in [3.8, 4) is 22.5 Å². The molecule has 6 bridgehead atoms. The number of carbonyl (C=O) groups excluding carboxylic acids is 5. The molecule has 8 rings (SSSR count). The molecule has 4 aliphatic rings. The van der Waals surface area contributed by atoms with Gasteiger partial charge in [-0.05, 0) is 95.8 Å². The van der Waals surface area contributed by atoms with Crippen molar-refractivity contribution in [2.45, 2.75) is 116 Å². The quantitative estimate of drug-likeness (QED) is 0.179. The number of esters is 1. The van der Waals surface area contributed by atoms with Gasteiger partial charge in [0.1, 0.15) is 23.7 Å². The van der Waals surface area contributed by atoms with Gasteiger partial charge < -0.3 is 34.1 Å². The molecule has 3 aromatic heterocycles. The molecule has 3 fully saturated rings. The van der Waals surface area contributed by atoms with Crippen molar-refractivity contribution in [3.05, 3.63) is 58.2 Å². The number of hydrogen-bond donors (Lipinski definition) is 2. The van der Waals surface area contributed by atoms with Gasteiger partial charge in [-0.25, -0.2) is 15.2 Å². The number of piperazine rings is 1. The Morgan fingerprint density at radius 2 is 1.67 bits per heavy atom. The van der Waals surface area contributed by atoms with E-state index in [-0.39, 0.29) is 91.0 Å². The monoisotopic (exact) mass is 1100 g/mol. The third kappa shape index (κ3) is 12.6. The lowest BCUT2D eigenvalue weighted by atomic mass is 9.84. The van der Waals surface area contributed by atoms with Crippen LogP contribution in [0.3, 0.4) is 0 Å². The smallest absolute Gasteiger partial charge is 0.324 e. The second kappa shape index (κ2) is 25.2. The zero-order valence-corrected chi connectivity index (χ0v) is 48.8. The van der Waals surface area contributed by atoms with Gasteiger partial charge in [0.05, 0.1) is 34.8 Å². The fraction of sp³-hybridized carbons (Fsp3) is 0.588. The van der Waals surface area contributed by atoms with Crippen molar-refractivity contribution in [1.82, 2.24) is 49.9 Å². The highest BCUT2D eigenvalue weighted by Crippen LogP contribution is 2.43. The van der Waals surface area contributed by atoms with Gasteiger partial charge >= 0.3 is 12.0 Å². The van der Waals surface area contributed by atoms with Gasteiger partial charge in [0.25, 0.3) is 5.91 Å². The molecule has 73 heavy (non-hydrogen) atoms. The van der Waals surface area contributed by atoms with Crippen LogP contribution in [0.25, 0.3) is 33.4 Å². The Hall–Kier alpha value is -4.03. The number of carbonyl (C=O) groups is 5. The number of nitrogens with zero attached hydrogens (tertiary/aromatic N) is 8. The summed E-state index contributed by atoms with van der Waals surface area (Å²) in [7, 11) is 7.17. The first kappa shape index (κ1) is 61.5. The number of hydrazine groups is 1. The van der Waals surface area contributed by atoms with Crippen LogP contribution in [-0.2, 0) is 48.0 Å². The van der Waals surface area contributed by atoms with Crippen LogP contribution in [0.4, 0.5) is 4.79 Å². The molecule has 404 valence electrons. The van der Waals surface area contributed by atoms with Crippen molar-refractivity contribution in [3.63, 3.8) is 0 Å². The van der Waals surface area contributed by atoms with Gasteiger partial charge in [-0.3, -0.25) is 34.1 Å². The van der Waals surface area contributed by atoms with Gasteiger partial charge in [0, 0.05) is 98.9 Å². The SMILES string of the molecule is CCn1c(-c2cccnc2[C@H](C)OC)c2c3cc(ccc31)-c1csc(n1)C[C@H](NC(=O)[C@H](C(C)C)N(C)C(=O)N1CCN(C(=O)C3(N(C)C)CC3)CC1)C(=O)N1CCC[C@H](N1)C(=O)OCC(C)(C)C2.S.S.S.S. The Morgan fingerprint density at radius 1 is 0.986 bits per heavy atom. The molecule has 17 nitrogen and oxygen atoms in total. The fourth-order valence-electron chi connectivity index (χ4n) is 10.5. The highest BCUT2D eigenvalue weighted by molar-refractivity contribution is 7.59. The molecule has 1 aromatic carbocycles. The van der Waals surface area contributed by atoms with E-state index in [4.69, 9.17) is 19.4 Å². The van der Waals surface area contributed by atoms with Gasteiger partial charge in [-0.2, -0.15) is 54.0 Å². The van der Waals surface area contributed by atoms with E-state index in [1.807, 2.05) is 56.1 Å². The summed E-state index contributed by atoms with van der Waals surface area (Å²) >= 11 is 1.41. The number of methoxy groups -OCH3 is 1. The first-order chi connectivity index (χ1) is 32.9. The van der Waals surface area contributed by atoms with E-state index in [0.29, 0.717) is 63.5 Å². The normalized spacial score (nSPS) is 20.3. The Bertz CT molecular complexity index is 2600. The van der Waals surface area contributed by atoms with Crippen LogP contribution in [0.2, 0.25) is 0 Å². The van der Waals surface area contributed by atoms with E-state index in [9.17, 15) is 24.0 Å². The maximum Gasteiger partial charge on any atom is 0.324 e. The highest BCUT2D eigenvalue weighted by Gasteiger charge is 2.54. The third-order valence-electron chi connectivity index (χ3n) is 14.6. The standard InChI is InChI=1S/C51H70N10O7S.4H2S/c1-11-60-40-17-16-33-26-35(40)36(44(60)34-14-12-20-52-42(34)32(4)67-10)28-50(5,6)30-68-47(64)37-15-13-21-61(55-37)46(63)38(27-41-53-39(33)29-69-41)54-45(62)43(31(2)3)57(9)49(66)59-24-22-58(23-25-59)48(65)51(18-19-51)56(7)8;;;;/h12,14,16-17,20,26,29,31-32,37-38,43,55H,11,13,15,18-19,21-25,27-28,30H2,1-10H3,(H,54,62);4*1H2/t32-,37-,38-,43-;;;;/m0..../s1. The average molecular weight is 1100 g/mol. The zero-order chi connectivity index (χ0) is 49.5. The number of thiazole rings is 1. The maximum atomic E-state index is 14.7. The van der Waals surface area contributed by atoms with Crippen LogP contribution in [0, 0.1) is 11.3 Å². The van der Waals surface area contributed by atoms with Crippen molar-refractivity contribution in [2.75, 3.05) is 67.6 Å². The van der Waals surface area contributed by atoms with E-state index in [1.54, 1.807) is 25.3 Å². The minimum absolute atomic E-state index is 0. The first-order valence-electron chi connectivity index (χ1n) is 24.5. The van der Waals surface area contributed by atoms with E-state index in [0.717, 1.165) is 57.5 Å². The topological polar surface area (TPSA) is 175 Å². The molecule has 2 saturated heterocycles. The van der Waals surface area contributed by atoms with E-state index in [1.165, 1.54) is 21.2 Å². The van der Waals surface area contributed by atoms with Gasteiger partial charge in [-0.1, -0.05) is 33.8 Å². The lowest BCUT2D eigenvalue weighted by Gasteiger charge is -2.41. The Balaban J connectivity index is 0.00000289. The van der Waals surface area contributed by atoms with Gasteiger partial charge in [0.2, 0.25) is 11.8 Å². The predicted molar refractivity (Wildman–Crippen MR) is 306 cm³/mol. The number of nitrogens with one attached hydrogen (secondary N) is 2. The molecule has 2 N–H and O–H groups in total. The molecule has 0 unspecified atom stereocenters. The lowest BCUT2D eigenvalue weighted by Crippen LogP contribution is -2.63. The lowest BCUT2D eigenvalue weighted by molar-refractivity contribution is -0.155. The minimum atomic E-state index is -1.08. The number of hydrogen-bond acceptors (Lipinski definition) is 12. The first-order valence-corrected chi connectivity index (χ1v) is 25.4. The summed E-state index contributed by atoms with van der Waals surface area (Å²) in [5.41, 5.74) is 8.84. The number of benzene rings is 1. The van der Waals surface area contributed by atoms with Crippen LogP contribution in [0.5, 0.6) is 0 Å². The molecule has 0 spiro atoms.